The molecule has 0 rings (SSSR count). The van der Waals surface area contributed by atoms with Crippen molar-refractivity contribution in [1.29, 1.82) is 0 Å². The Bertz CT molecular complexity index is 205. The summed E-state index contributed by atoms with van der Waals surface area (Å²) < 4.78 is 0. The molecule has 0 aromatic rings. The Morgan fingerprint density at radius 2 is 2.17 bits per heavy atom. The minimum atomic E-state index is 0.814. The van der Waals surface area contributed by atoms with Gasteiger partial charge in [-0.2, -0.15) is 0 Å². The molecule has 0 aromatic carbocycles. The summed E-state index contributed by atoms with van der Waals surface area (Å²) in [6.07, 6.45) is 5.80. The van der Waals surface area contributed by atoms with Crippen molar-refractivity contribution in [3.8, 4) is 0 Å². The second-order valence-electron chi connectivity index (χ2n) is 2.21. The summed E-state index contributed by atoms with van der Waals surface area (Å²) in [6.45, 7) is 6.79. The maximum Gasteiger partial charge on any atom is 0.114 e. The lowest BCUT2D eigenvalue weighted by molar-refractivity contribution is 1.14. The summed E-state index contributed by atoms with van der Waals surface area (Å²) in [5, 5.41) is 0.965. The maximum absolute atomic E-state index is 4.34. The molecule has 0 saturated carbocycles. The molecular formula is C9H16N2S. The number of thioether (sulfide) groups is 1. The molecule has 0 fully saturated rings. The van der Waals surface area contributed by atoms with E-state index in [1.165, 1.54) is 0 Å². The highest BCUT2D eigenvalue weighted by atomic mass is 32.2. The van der Waals surface area contributed by atoms with Crippen LogP contribution in [-0.4, -0.2) is 24.1 Å². The molecule has 0 saturated heterocycles. The fourth-order valence-corrected chi connectivity index (χ4v) is 0.950. The fraction of sp³-hybridized carbons (Fsp3) is 0.556. The first-order valence-electron chi connectivity index (χ1n) is 4.00. The molecule has 0 radical (unpaired) electrons. The van der Waals surface area contributed by atoms with Crippen LogP contribution in [-0.2, 0) is 0 Å². The molecule has 0 spiro atoms. The van der Waals surface area contributed by atoms with Crippen LogP contribution in [0.5, 0.6) is 0 Å². The van der Waals surface area contributed by atoms with E-state index in [9.17, 15) is 0 Å². The van der Waals surface area contributed by atoms with Crippen LogP contribution in [0.2, 0.25) is 0 Å². The largest absolute Gasteiger partial charge is 0.291 e. The number of hydrogen-bond acceptors (Lipinski definition) is 3. The van der Waals surface area contributed by atoms with Crippen LogP contribution in [0, 0.1) is 0 Å². The average molecular weight is 184 g/mol. The van der Waals surface area contributed by atoms with Crippen LogP contribution in [0.3, 0.4) is 0 Å². The van der Waals surface area contributed by atoms with Gasteiger partial charge in [0.2, 0.25) is 0 Å². The van der Waals surface area contributed by atoms with Gasteiger partial charge in [0.15, 0.2) is 0 Å². The molecule has 0 unspecified atom stereocenters. The number of allylic oxidation sites excluding steroid dienone is 2. The molecular weight excluding hydrogens is 168 g/mol. The first-order chi connectivity index (χ1) is 5.74. The Hall–Kier alpha value is -0.570. The zero-order chi connectivity index (χ0) is 9.40. The standard InChI is InChI=1S/C9H16N2S/c1-5-8(3)11-9(12-4)7-10-6-2/h5,7H,6H2,1-4H3/b8-5+,10-7?,11-9?. The summed E-state index contributed by atoms with van der Waals surface area (Å²) in [5.41, 5.74) is 1.03. The van der Waals surface area contributed by atoms with Gasteiger partial charge in [0, 0.05) is 12.2 Å². The zero-order valence-electron chi connectivity index (χ0n) is 8.16. The molecule has 0 heterocycles. The monoisotopic (exact) mass is 184 g/mol. The molecule has 0 aliphatic heterocycles. The third kappa shape index (κ3) is 5.13. The molecule has 0 amide bonds. The van der Waals surface area contributed by atoms with E-state index >= 15 is 0 Å². The van der Waals surface area contributed by atoms with Crippen LogP contribution in [0.15, 0.2) is 21.8 Å². The van der Waals surface area contributed by atoms with Crippen molar-refractivity contribution < 1.29 is 0 Å². The summed E-state index contributed by atoms with van der Waals surface area (Å²) in [4.78, 5) is 8.47. The third-order valence-electron chi connectivity index (χ3n) is 1.30. The molecule has 3 heteroatoms. The van der Waals surface area contributed by atoms with Gasteiger partial charge in [-0.1, -0.05) is 6.08 Å². The minimum absolute atomic E-state index is 0.814. The second kappa shape index (κ2) is 7.10. The topological polar surface area (TPSA) is 24.7 Å². The van der Waals surface area contributed by atoms with E-state index < -0.39 is 0 Å². The Morgan fingerprint density at radius 3 is 2.58 bits per heavy atom. The quantitative estimate of drug-likeness (QED) is 0.489. The van der Waals surface area contributed by atoms with Gasteiger partial charge in [0.05, 0.1) is 6.21 Å². The lowest BCUT2D eigenvalue weighted by atomic mass is 10.5. The Morgan fingerprint density at radius 1 is 1.50 bits per heavy atom. The zero-order valence-corrected chi connectivity index (χ0v) is 8.98. The van der Waals surface area contributed by atoms with Crippen molar-refractivity contribution in [2.24, 2.45) is 9.98 Å². The smallest absolute Gasteiger partial charge is 0.114 e. The van der Waals surface area contributed by atoms with Crippen LogP contribution in [0.1, 0.15) is 20.8 Å². The lowest BCUT2D eigenvalue weighted by Gasteiger charge is -1.95. The van der Waals surface area contributed by atoms with Gasteiger partial charge >= 0.3 is 0 Å². The third-order valence-corrected chi connectivity index (χ3v) is 1.91. The molecule has 0 aromatic heterocycles. The highest BCUT2D eigenvalue weighted by Crippen LogP contribution is 2.02. The van der Waals surface area contributed by atoms with Crippen LogP contribution >= 0.6 is 11.8 Å². The molecule has 0 atom stereocenters. The van der Waals surface area contributed by atoms with E-state index in [0.29, 0.717) is 0 Å². The van der Waals surface area contributed by atoms with Gasteiger partial charge in [-0.15, -0.1) is 11.8 Å². The van der Waals surface area contributed by atoms with Crippen LogP contribution in [0.4, 0.5) is 0 Å². The summed E-state index contributed by atoms with van der Waals surface area (Å²) in [6, 6.07) is 0. The average Bonchev–Trinajstić information content (AvgIpc) is 2.11. The van der Waals surface area contributed by atoms with Gasteiger partial charge < -0.3 is 0 Å². The highest BCUT2D eigenvalue weighted by molar-refractivity contribution is 8.14. The Balaban J connectivity index is 4.33. The van der Waals surface area contributed by atoms with Crippen molar-refractivity contribution in [3.05, 3.63) is 11.8 Å². The van der Waals surface area contributed by atoms with Crippen LogP contribution in [0.25, 0.3) is 0 Å². The summed E-state index contributed by atoms with van der Waals surface area (Å²) in [5.74, 6) is 0. The van der Waals surface area contributed by atoms with Crippen molar-refractivity contribution in [2.45, 2.75) is 20.8 Å². The fourth-order valence-electron chi connectivity index (χ4n) is 0.535. The summed E-state index contributed by atoms with van der Waals surface area (Å²) >= 11 is 1.61. The van der Waals surface area contributed by atoms with E-state index in [4.69, 9.17) is 0 Å². The SMILES string of the molecule is C/C=C(\C)N=C(C=NCC)SC. The number of nitrogens with zero attached hydrogens (tertiary/aromatic N) is 2. The van der Waals surface area contributed by atoms with E-state index in [1.54, 1.807) is 11.8 Å². The molecule has 0 N–H and O–H groups in total. The minimum Gasteiger partial charge on any atom is -0.291 e. The number of hydrogen-bond donors (Lipinski definition) is 0. The van der Waals surface area contributed by atoms with Crippen molar-refractivity contribution in [1.82, 2.24) is 0 Å². The summed E-state index contributed by atoms with van der Waals surface area (Å²) in [7, 11) is 0. The van der Waals surface area contributed by atoms with Crippen molar-refractivity contribution in [3.63, 3.8) is 0 Å². The first-order valence-corrected chi connectivity index (χ1v) is 5.22. The second-order valence-corrected chi connectivity index (χ2v) is 3.04. The predicted molar refractivity (Wildman–Crippen MR) is 59.4 cm³/mol. The van der Waals surface area contributed by atoms with Gasteiger partial charge in [-0.25, -0.2) is 4.99 Å². The van der Waals surface area contributed by atoms with Gasteiger partial charge in [-0.05, 0) is 27.0 Å². The predicted octanol–water partition coefficient (Wildman–Crippen LogP) is 2.76. The van der Waals surface area contributed by atoms with E-state index in [2.05, 4.69) is 9.98 Å². The molecule has 68 valence electrons. The Labute approximate surface area is 78.9 Å². The molecule has 0 aliphatic rings. The molecule has 0 aliphatic carbocycles. The molecule has 2 nitrogen and oxygen atoms in total. The van der Waals surface area contributed by atoms with Crippen molar-refractivity contribution >= 4 is 23.0 Å². The molecule has 0 bridgehead atoms. The maximum atomic E-state index is 4.34. The highest BCUT2D eigenvalue weighted by Gasteiger charge is 1.90. The first kappa shape index (κ1) is 11.4. The van der Waals surface area contributed by atoms with E-state index in [0.717, 1.165) is 17.3 Å². The van der Waals surface area contributed by atoms with Crippen LogP contribution < -0.4 is 0 Å². The van der Waals surface area contributed by atoms with Gasteiger partial charge in [0.1, 0.15) is 5.04 Å². The van der Waals surface area contributed by atoms with E-state index in [-0.39, 0.29) is 0 Å². The molecule has 12 heavy (non-hydrogen) atoms. The Kier molecular flexibility index (Phi) is 6.76. The number of aliphatic imine (C=N–C) groups is 2. The van der Waals surface area contributed by atoms with Gasteiger partial charge in [-0.3, -0.25) is 4.99 Å². The van der Waals surface area contributed by atoms with Gasteiger partial charge in [0.25, 0.3) is 0 Å². The normalized spacial score (nSPS) is 14.3. The van der Waals surface area contributed by atoms with E-state index in [1.807, 2.05) is 39.3 Å². The lowest BCUT2D eigenvalue weighted by Crippen LogP contribution is -1.93. The van der Waals surface area contributed by atoms with Crippen molar-refractivity contribution in [2.75, 3.05) is 12.8 Å². The number of rotatable bonds is 3.